The first kappa shape index (κ1) is 24.1. The number of carbonyl (C=O) groups excluding carboxylic acids is 1. The number of anilines is 1. The average Bonchev–Trinajstić information content (AvgIpc) is 3.12. The number of nitrogens with zero attached hydrogens (tertiary/aromatic N) is 2. The summed E-state index contributed by atoms with van der Waals surface area (Å²) in [7, 11) is -4.82. The third-order valence-electron chi connectivity index (χ3n) is 5.64. The van der Waals surface area contributed by atoms with Crippen molar-refractivity contribution in [3.63, 3.8) is 0 Å². The number of rotatable bonds is 5. The number of halogens is 3. The van der Waals surface area contributed by atoms with Gasteiger partial charge in [-0.15, -0.1) is 0 Å². The number of ether oxygens (including phenoxy) is 2. The summed E-state index contributed by atoms with van der Waals surface area (Å²) in [5.41, 5.74) is 0.0574. The van der Waals surface area contributed by atoms with Gasteiger partial charge in [-0.3, -0.25) is 4.55 Å². The van der Waals surface area contributed by atoms with Crippen LogP contribution >= 0.6 is 23.2 Å². The van der Waals surface area contributed by atoms with E-state index in [0.29, 0.717) is 26.3 Å². The Morgan fingerprint density at radius 2 is 1.88 bits per heavy atom. The van der Waals surface area contributed by atoms with E-state index in [1.54, 1.807) is 4.90 Å². The molecule has 2 saturated heterocycles. The third-order valence-corrected chi connectivity index (χ3v) is 7.24. The summed E-state index contributed by atoms with van der Waals surface area (Å²) < 4.78 is 58.6. The number of aliphatic hydroxyl groups is 1. The quantitative estimate of drug-likeness (QED) is 0.454. The van der Waals surface area contributed by atoms with Gasteiger partial charge in [0.05, 0.1) is 19.8 Å². The Bertz CT molecular complexity index is 1210. The summed E-state index contributed by atoms with van der Waals surface area (Å²) in [6, 6.07) is 6.33. The standard InChI is InChI=1S/C20H19Cl2FN2O7S/c21-12-8-16(18(22)17(9-12)33(28,29)30)25(10-13(11-26)32-20(25)27)15-3-1-2-14(23)19(15)24-4-6-31-7-5-24/h1-3,8-9,13,26H,4-7,10-11H2/p+1/t13?,25-/m1/s1. The molecule has 4 rings (SSSR count). The molecule has 9 nitrogen and oxygen atoms in total. The molecule has 2 atom stereocenters. The Labute approximate surface area is 199 Å². The van der Waals surface area contributed by atoms with Gasteiger partial charge in [-0.2, -0.15) is 17.7 Å². The van der Waals surface area contributed by atoms with Crippen molar-refractivity contribution in [3.8, 4) is 0 Å². The maximum absolute atomic E-state index is 15.2. The van der Waals surface area contributed by atoms with Gasteiger partial charge in [0.1, 0.15) is 22.2 Å². The van der Waals surface area contributed by atoms with Crippen molar-refractivity contribution < 1.29 is 36.7 Å². The molecular weight excluding hydrogens is 502 g/mol. The fourth-order valence-corrected chi connectivity index (χ4v) is 5.63. The van der Waals surface area contributed by atoms with Crippen LogP contribution in [0.1, 0.15) is 0 Å². The van der Waals surface area contributed by atoms with Gasteiger partial charge >= 0.3 is 6.09 Å². The highest BCUT2D eigenvalue weighted by molar-refractivity contribution is 7.86. The van der Waals surface area contributed by atoms with Crippen LogP contribution in [-0.2, 0) is 19.6 Å². The smallest absolute Gasteiger partial charge is 0.408 e. The molecule has 2 aliphatic heterocycles. The highest BCUT2D eigenvalue weighted by Gasteiger charge is 2.56. The number of carbonyl (C=O) groups is 1. The lowest BCUT2D eigenvalue weighted by atomic mass is 10.1. The summed E-state index contributed by atoms with van der Waals surface area (Å²) in [4.78, 5) is 14.4. The Balaban J connectivity index is 2.06. The van der Waals surface area contributed by atoms with Gasteiger partial charge in [-0.25, -0.2) is 4.39 Å². The van der Waals surface area contributed by atoms with Crippen LogP contribution in [0.2, 0.25) is 10.0 Å². The van der Waals surface area contributed by atoms with Crippen LogP contribution in [0.4, 0.5) is 26.2 Å². The SMILES string of the molecule is O=C1OC(CO)C[N@+]1(c1cc(Cl)cc(S(=O)(=O)O)c1Cl)c1cccc(F)c1N1CCOCC1. The van der Waals surface area contributed by atoms with Crippen LogP contribution in [-0.4, -0.2) is 69.7 Å². The zero-order valence-corrected chi connectivity index (χ0v) is 19.4. The van der Waals surface area contributed by atoms with Crippen LogP contribution in [0.3, 0.4) is 0 Å². The fraction of sp³-hybridized carbons (Fsp3) is 0.350. The van der Waals surface area contributed by atoms with Crippen molar-refractivity contribution in [1.82, 2.24) is 4.48 Å². The molecule has 0 spiro atoms. The maximum atomic E-state index is 15.2. The number of para-hydroxylation sites is 1. The molecule has 0 radical (unpaired) electrons. The van der Waals surface area contributed by atoms with Crippen molar-refractivity contribution in [3.05, 3.63) is 46.2 Å². The molecule has 0 aliphatic carbocycles. The first-order valence-corrected chi connectivity index (χ1v) is 12.1. The van der Waals surface area contributed by atoms with Crippen molar-refractivity contribution >= 4 is 56.5 Å². The van der Waals surface area contributed by atoms with Gasteiger partial charge in [0.15, 0.2) is 23.3 Å². The second-order valence-corrected chi connectivity index (χ2v) is 9.80. The molecule has 2 aliphatic rings. The number of hydrogen-bond acceptors (Lipinski definition) is 7. The molecule has 33 heavy (non-hydrogen) atoms. The summed E-state index contributed by atoms with van der Waals surface area (Å²) in [5, 5.41) is 9.09. The minimum absolute atomic E-state index is 0.0841. The highest BCUT2D eigenvalue weighted by Crippen LogP contribution is 2.50. The van der Waals surface area contributed by atoms with Crippen LogP contribution in [0, 0.1) is 5.82 Å². The van der Waals surface area contributed by atoms with Crippen molar-refractivity contribution in [1.29, 1.82) is 0 Å². The molecule has 1 amide bonds. The maximum Gasteiger partial charge on any atom is 0.527 e. The summed E-state index contributed by atoms with van der Waals surface area (Å²) in [6.07, 6.45) is -1.90. The van der Waals surface area contributed by atoms with Crippen LogP contribution in [0.15, 0.2) is 35.2 Å². The Kier molecular flexibility index (Phi) is 6.58. The van der Waals surface area contributed by atoms with E-state index in [4.69, 9.17) is 32.7 Å². The second-order valence-electron chi connectivity index (χ2n) is 7.60. The average molecular weight is 522 g/mol. The number of aliphatic hydroxyl groups excluding tert-OH is 1. The molecule has 178 valence electrons. The number of hydrogen-bond donors (Lipinski definition) is 2. The van der Waals surface area contributed by atoms with Crippen molar-refractivity contribution in [2.45, 2.75) is 11.0 Å². The van der Waals surface area contributed by atoms with E-state index < -0.39 is 49.1 Å². The Morgan fingerprint density at radius 3 is 2.48 bits per heavy atom. The fourth-order valence-electron chi connectivity index (χ4n) is 4.20. The normalized spacial score (nSPS) is 23.6. The lowest BCUT2D eigenvalue weighted by Crippen LogP contribution is -2.48. The number of quaternary nitrogens is 1. The summed E-state index contributed by atoms with van der Waals surface area (Å²) >= 11 is 12.6. The predicted octanol–water partition coefficient (Wildman–Crippen LogP) is 3.37. The highest BCUT2D eigenvalue weighted by atomic mass is 35.5. The van der Waals surface area contributed by atoms with E-state index in [9.17, 15) is 22.9 Å². The van der Waals surface area contributed by atoms with Gasteiger partial charge in [-0.05, 0) is 12.1 Å². The van der Waals surface area contributed by atoms with Crippen molar-refractivity contribution in [2.75, 3.05) is 44.4 Å². The van der Waals surface area contributed by atoms with Gasteiger partial charge in [-0.1, -0.05) is 29.3 Å². The zero-order valence-electron chi connectivity index (χ0n) is 17.1. The lowest BCUT2D eigenvalue weighted by Gasteiger charge is -2.35. The van der Waals surface area contributed by atoms with E-state index >= 15 is 4.39 Å². The second kappa shape index (κ2) is 8.99. The number of benzene rings is 2. The van der Waals surface area contributed by atoms with E-state index in [1.165, 1.54) is 24.3 Å². The van der Waals surface area contributed by atoms with Gasteiger partial charge in [0.25, 0.3) is 10.1 Å². The summed E-state index contributed by atoms with van der Waals surface area (Å²) in [5.74, 6) is -0.625. The zero-order chi connectivity index (χ0) is 24.0. The first-order chi connectivity index (χ1) is 15.6. The molecule has 2 N–H and O–H groups in total. The number of cyclic esters (lactones) is 1. The Hall–Kier alpha value is -1.99. The number of amides is 1. The lowest BCUT2D eigenvalue weighted by molar-refractivity contribution is 0.0954. The molecule has 2 heterocycles. The molecule has 2 aromatic carbocycles. The van der Waals surface area contributed by atoms with Gasteiger partial charge in [0, 0.05) is 30.2 Å². The third kappa shape index (κ3) is 4.18. The van der Waals surface area contributed by atoms with E-state index in [-0.39, 0.29) is 28.6 Å². The first-order valence-electron chi connectivity index (χ1n) is 9.88. The van der Waals surface area contributed by atoms with E-state index in [1.807, 2.05) is 0 Å². The van der Waals surface area contributed by atoms with Crippen LogP contribution < -0.4 is 9.38 Å². The molecular formula is C20H20Cl2FN2O7S+. The van der Waals surface area contributed by atoms with Gasteiger partial charge in [0.2, 0.25) is 0 Å². The van der Waals surface area contributed by atoms with E-state index in [0.717, 1.165) is 6.07 Å². The molecule has 0 bridgehead atoms. The van der Waals surface area contributed by atoms with Crippen molar-refractivity contribution in [2.24, 2.45) is 0 Å². The topological polar surface area (TPSA) is 113 Å². The van der Waals surface area contributed by atoms with Crippen LogP contribution in [0.25, 0.3) is 0 Å². The molecule has 0 aromatic heterocycles. The monoisotopic (exact) mass is 521 g/mol. The molecule has 2 fully saturated rings. The minimum Gasteiger partial charge on any atom is -0.408 e. The van der Waals surface area contributed by atoms with E-state index in [2.05, 4.69) is 0 Å². The largest absolute Gasteiger partial charge is 0.527 e. The number of morpholine rings is 1. The molecule has 2 aromatic rings. The molecule has 1 unspecified atom stereocenters. The molecule has 0 saturated carbocycles. The Morgan fingerprint density at radius 1 is 1.18 bits per heavy atom. The molecule has 13 heteroatoms. The predicted molar refractivity (Wildman–Crippen MR) is 119 cm³/mol. The van der Waals surface area contributed by atoms with Crippen LogP contribution in [0.5, 0.6) is 0 Å². The summed E-state index contributed by atoms with van der Waals surface area (Å²) in [6.45, 7) is 0.598. The minimum atomic E-state index is -4.82. The van der Waals surface area contributed by atoms with Gasteiger partial charge < -0.3 is 19.5 Å².